The van der Waals surface area contributed by atoms with Crippen molar-refractivity contribution in [2.24, 2.45) is 17.2 Å². The highest BCUT2D eigenvalue weighted by molar-refractivity contribution is 5.93. The fourth-order valence-electron chi connectivity index (χ4n) is 12.8. The van der Waals surface area contributed by atoms with E-state index in [1.165, 1.54) is 71.6 Å². The molecule has 0 aromatic heterocycles. The first-order chi connectivity index (χ1) is 50.8. The monoisotopic (exact) mass is 1490 g/mol. The fraction of sp³-hybridized carbons (Fsp3) is 0.522. The molecule has 0 unspecified atom stereocenters. The highest BCUT2D eigenvalue weighted by Gasteiger charge is 2.44. The van der Waals surface area contributed by atoms with E-state index in [0.29, 0.717) is 157 Å². The second kappa shape index (κ2) is 37.8. The number of hydrogen-bond donors (Lipinski definition) is 8. The van der Waals surface area contributed by atoms with Gasteiger partial charge in [0.05, 0.1) is 143 Å². The first kappa shape index (κ1) is 80.1. The van der Waals surface area contributed by atoms with Gasteiger partial charge in [-0.3, -0.25) is 43.6 Å². The number of cyclic esters (lactones) is 4. The molecule has 7 atom stereocenters. The lowest BCUT2D eigenvalue weighted by Gasteiger charge is -2.36. The van der Waals surface area contributed by atoms with Gasteiger partial charge in [0.15, 0.2) is 0 Å². The van der Waals surface area contributed by atoms with Crippen LogP contribution in [0.2, 0.25) is 0 Å². The van der Waals surface area contributed by atoms with Gasteiger partial charge >= 0.3 is 24.4 Å². The van der Waals surface area contributed by atoms with Crippen molar-refractivity contribution < 1.29 is 99.6 Å². The predicted molar refractivity (Wildman–Crippen MR) is 380 cm³/mol. The molecule has 0 spiro atoms. The Morgan fingerprint density at radius 1 is 0.434 bits per heavy atom. The number of carbonyl (C=O) groups is 9. The molecule has 578 valence electrons. The first-order valence-electron chi connectivity index (χ1n) is 34.9. The van der Waals surface area contributed by atoms with E-state index in [1.807, 2.05) is 19.6 Å². The minimum absolute atomic E-state index is 0.0298. The van der Waals surface area contributed by atoms with Crippen LogP contribution >= 0.6 is 0 Å². The Bertz CT molecular complexity index is 3650. The number of piperazine rings is 1. The van der Waals surface area contributed by atoms with E-state index in [4.69, 9.17) is 50.4 Å². The van der Waals surface area contributed by atoms with E-state index in [9.17, 15) is 60.7 Å². The molecule has 12 rings (SSSR count). The number of amides is 9. The number of ether oxygens (including phenoxy) is 7. The molecule has 0 saturated carbocycles. The van der Waals surface area contributed by atoms with Crippen LogP contribution in [0.1, 0.15) is 27.7 Å². The Morgan fingerprint density at radius 3 is 1.14 bits per heavy atom. The summed E-state index contributed by atoms with van der Waals surface area (Å²) in [4.78, 5) is 119. The zero-order valence-electron chi connectivity index (χ0n) is 59.7. The molecule has 8 fully saturated rings. The van der Waals surface area contributed by atoms with E-state index in [1.54, 1.807) is 53.4 Å². The predicted octanol–water partition coefficient (Wildman–Crippen LogP) is 0.530. The van der Waals surface area contributed by atoms with E-state index in [2.05, 4.69) is 27.0 Å². The topological polar surface area (TPSA) is 401 Å². The maximum absolute atomic E-state index is 14.7. The maximum Gasteiger partial charge on any atom is 0.415 e. The number of quaternary nitrogens is 1. The van der Waals surface area contributed by atoms with Gasteiger partial charge in [-0.1, -0.05) is 0 Å². The van der Waals surface area contributed by atoms with Crippen LogP contribution in [0.4, 0.5) is 82.2 Å². The minimum Gasteiger partial charge on any atom is -0.442 e. The van der Waals surface area contributed by atoms with Gasteiger partial charge in [-0.15, -0.1) is 0 Å². The smallest absolute Gasteiger partial charge is 0.415 e. The van der Waals surface area contributed by atoms with Crippen molar-refractivity contribution in [3.63, 3.8) is 0 Å². The SMILES string of the molecule is CC(=O)NC[C@@H]1OC(=O)N(c2ccc(N3CCOCC3)c(F)c2)[C@H]1C[NH3+].CC(=O)NC[C@H]1CN(c2ccc(N3CCN(C(=O)CN)CC3)c(F)c2)C(=O)O1.CC(=O)NC[C@H]1CN(c2ccc(N3CCO[C@@H](CN)C3)c(F)c2)C(=O)O1.CC(=O)NC[C@H]1CN(c2ccc(N3CCO[C@H](CN)C3)c(F)c2)C(=O)O1. The van der Waals surface area contributed by atoms with E-state index >= 15 is 0 Å². The van der Waals surface area contributed by atoms with Crippen LogP contribution in [-0.2, 0) is 57.1 Å². The third-order valence-corrected chi connectivity index (χ3v) is 18.3. The molecule has 0 aliphatic carbocycles. The number of anilines is 8. The number of nitrogens with one attached hydrogen (secondary N) is 4. The largest absolute Gasteiger partial charge is 0.442 e. The lowest BCUT2D eigenvalue weighted by atomic mass is 10.1. The molecule has 8 heterocycles. The number of rotatable bonds is 20. The Kier molecular flexibility index (Phi) is 28.5. The summed E-state index contributed by atoms with van der Waals surface area (Å²) in [5.74, 6) is -2.61. The van der Waals surface area contributed by atoms with Gasteiger partial charge in [0.25, 0.3) is 0 Å². The van der Waals surface area contributed by atoms with Crippen LogP contribution in [0.15, 0.2) is 72.8 Å². The van der Waals surface area contributed by atoms with Crippen LogP contribution < -0.4 is 83.4 Å². The van der Waals surface area contributed by atoms with Crippen molar-refractivity contribution in [2.75, 3.05) is 203 Å². The summed E-state index contributed by atoms with van der Waals surface area (Å²) < 4.78 is 95.9. The summed E-state index contributed by atoms with van der Waals surface area (Å²) in [6, 6.07) is 18.3. The summed E-state index contributed by atoms with van der Waals surface area (Å²) in [6.45, 7) is 15.9. The summed E-state index contributed by atoms with van der Waals surface area (Å²) in [6.07, 6.45) is -4.40. The summed E-state index contributed by atoms with van der Waals surface area (Å²) in [5, 5.41) is 10.5. The molecule has 4 aromatic carbocycles. The molecule has 9 amide bonds. The zero-order chi connectivity index (χ0) is 76.3. The van der Waals surface area contributed by atoms with Crippen LogP contribution in [0.25, 0.3) is 0 Å². The van der Waals surface area contributed by atoms with Crippen molar-refractivity contribution in [3.8, 4) is 0 Å². The molecular weight excluding hydrogens is 1400 g/mol. The van der Waals surface area contributed by atoms with Gasteiger partial charge in [-0.2, -0.15) is 0 Å². The van der Waals surface area contributed by atoms with Crippen LogP contribution in [-0.4, -0.2) is 265 Å². The van der Waals surface area contributed by atoms with Gasteiger partial charge in [0.1, 0.15) is 53.7 Å². The normalized spacial score (nSPS) is 22.2. The number of hydrogen-bond acceptors (Lipinski definition) is 23. The second-order valence-electron chi connectivity index (χ2n) is 25.8. The van der Waals surface area contributed by atoms with E-state index in [-0.39, 0.29) is 100 Å². The Hall–Kier alpha value is -10.1. The standard InChI is InChI=1S/C18H24FN5O4.3C17H23FN4O4/c1-12(25)21-10-14-11-24(18(27)28-14)13-2-3-16(15(19)8-13)22-4-6-23(7-5-22)17(26)9-20;1-11(23)20-10-16-15(9-19)22(17(24)26-16)12-2-3-14(13(18)8-12)21-4-6-25-7-5-21;2*1-11(23)20-8-14-10-22(17(24)26-14)12-2-3-16(15(18)6-12)21-4-5-25-13(7-19)9-21/h2-3,8,14H,4-7,9-11,20H2,1H3,(H,21,25);2-3,8,15-16H,4-7,9-10,19H2,1H3,(H,20,23);2*2-3,6,13-14H,4-5,7-10,19H2,1H3,(H,20,23)/p+1/t14-;15-,16-;13-,14+;13-,14-/m0010/s1. The molecule has 0 bridgehead atoms. The Labute approximate surface area is 609 Å². The van der Waals surface area contributed by atoms with Crippen molar-refractivity contribution in [1.82, 2.24) is 26.2 Å². The molecule has 4 aromatic rings. The van der Waals surface area contributed by atoms with Gasteiger partial charge in [0, 0.05) is 106 Å². The number of carbonyl (C=O) groups excluding carboxylic acids is 9. The zero-order valence-corrected chi connectivity index (χ0v) is 59.7. The second-order valence-corrected chi connectivity index (χ2v) is 25.8. The average Bonchev–Trinajstić information content (AvgIpc) is 1.64. The van der Waals surface area contributed by atoms with Crippen LogP contribution in [0.3, 0.4) is 0 Å². The molecule has 106 heavy (non-hydrogen) atoms. The number of benzene rings is 4. The van der Waals surface area contributed by atoms with E-state index in [0.717, 1.165) is 0 Å². The maximum atomic E-state index is 14.7. The number of nitrogens with two attached hydrogens (primary N) is 3. The molecule has 8 aliphatic rings. The lowest BCUT2D eigenvalue weighted by molar-refractivity contribution is -0.372. The summed E-state index contributed by atoms with van der Waals surface area (Å²) in [7, 11) is 0. The first-order valence-corrected chi connectivity index (χ1v) is 34.9. The molecule has 37 heteroatoms. The van der Waals surface area contributed by atoms with Crippen LogP contribution in [0, 0.1) is 23.3 Å². The summed E-state index contributed by atoms with van der Waals surface area (Å²) in [5.41, 5.74) is 24.0. The Morgan fingerprint density at radius 2 is 0.783 bits per heavy atom. The lowest BCUT2D eigenvalue weighted by Crippen LogP contribution is -2.62. The number of halogens is 4. The van der Waals surface area contributed by atoms with Crippen molar-refractivity contribution in [3.05, 3.63) is 96.1 Å². The molecule has 8 saturated heterocycles. The van der Waals surface area contributed by atoms with Gasteiger partial charge in [0.2, 0.25) is 29.5 Å². The third kappa shape index (κ3) is 21.1. The highest BCUT2D eigenvalue weighted by atomic mass is 19.1. The molecular formula is C69H94F4N17O16+. The average molecular weight is 1490 g/mol. The number of morpholine rings is 3. The van der Waals surface area contributed by atoms with Crippen molar-refractivity contribution >= 4 is 99.4 Å². The summed E-state index contributed by atoms with van der Waals surface area (Å²) >= 11 is 0. The van der Waals surface area contributed by atoms with Crippen LogP contribution in [0.5, 0.6) is 0 Å². The molecule has 0 radical (unpaired) electrons. The van der Waals surface area contributed by atoms with Gasteiger partial charge < -0.3 is 102 Å². The number of nitrogens with zero attached hydrogens (tertiary/aromatic N) is 9. The minimum atomic E-state index is -0.573. The van der Waals surface area contributed by atoms with Crippen molar-refractivity contribution in [1.29, 1.82) is 0 Å². The van der Waals surface area contributed by atoms with E-state index < -0.39 is 72.1 Å². The Balaban J connectivity index is 0.000000164. The molecule has 33 nitrogen and oxygen atoms in total. The molecule has 13 N–H and O–H groups in total. The third-order valence-electron chi connectivity index (χ3n) is 18.3. The quantitative estimate of drug-likeness (QED) is 0.0442. The fourth-order valence-corrected chi connectivity index (χ4v) is 12.8. The highest BCUT2D eigenvalue weighted by Crippen LogP contribution is 2.35. The van der Waals surface area contributed by atoms with Gasteiger partial charge in [-0.25, -0.2) is 36.7 Å². The van der Waals surface area contributed by atoms with Crippen molar-refractivity contribution in [2.45, 2.75) is 70.4 Å². The van der Waals surface area contributed by atoms with Gasteiger partial charge in [-0.05, 0) is 72.8 Å². The molecule has 8 aliphatic heterocycles.